The third-order valence-corrected chi connectivity index (χ3v) is 6.54. The predicted molar refractivity (Wildman–Crippen MR) is 70.1 cm³/mol. The summed E-state index contributed by atoms with van der Waals surface area (Å²) in [5.74, 6) is 0.186. The van der Waals surface area contributed by atoms with Crippen molar-refractivity contribution >= 4 is 15.7 Å². The highest BCUT2D eigenvalue weighted by molar-refractivity contribution is 7.92. The molecule has 18 heavy (non-hydrogen) atoms. The van der Waals surface area contributed by atoms with E-state index in [2.05, 4.69) is 5.32 Å². The summed E-state index contributed by atoms with van der Waals surface area (Å²) in [5, 5.41) is 2.85. The van der Waals surface area contributed by atoms with E-state index >= 15 is 0 Å². The van der Waals surface area contributed by atoms with E-state index in [1.807, 2.05) is 6.92 Å². The van der Waals surface area contributed by atoms with Gasteiger partial charge in [0.1, 0.15) is 0 Å². The Balaban J connectivity index is 1.98. The van der Waals surface area contributed by atoms with E-state index in [-0.39, 0.29) is 23.7 Å². The summed E-state index contributed by atoms with van der Waals surface area (Å²) in [6.07, 6.45) is 2.66. The Bertz CT molecular complexity index is 415. The molecule has 2 heterocycles. The van der Waals surface area contributed by atoms with Crippen LogP contribution >= 0.6 is 0 Å². The summed E-state index contributed by atoms with van der Waals surface area (Å²) < 4.78 is 23.5. The fraction of sp³-hybridized carbons (Fsp3) is 0.917. The molecule has 0 aromatic carbocycles. The second-order valence-corrected chi connectivity index (χ2v) is 7.87. The van der Waals surface area contributed by atoms with Gasteiger partial charge < -0.3 is 10.2 Å². The first-order valence-electron chi connectivity index (χ1n) is 6.66. The van der Waals surface area contributed by atoms with Crippen molar-refractivity contribution < 1.29 is 13.2 Å². The van der Waals surface area contributed by atoms with Gasteiger partial charge in [-0.25, -0.2) is 8.42 Å². The molecule has 0 bridgehead atoms. The van der Waals surface area contributed by atoms with Gasteiger partial charge in [0.2, 0.25) is 5.91 Å². The summed E-state index contributed by atoms with van der Waals surface area (Å²) in [5.41, 5.74) is 0. The molecule has 0 spiro atoms. The van der Waals surface area contributed by atoms with Crippen LogP contribution in [-0.4, -0.2) is 55.4 Å². The van der Waals surface area contributed by atoms with E-state index in [9.17, 15) is 13.2 Å². The van der Waals surface area contributed by atoms with Crippen LogP contribution in [0.15, 0.2) is 0 Å². The van der Waals surface area contributed by atoms with Crippen molar-refractivity contribution in [3.63, 3.8) is 0 Å². The van der Waals surface area contributed by atoms with Gasteiger partial charge in [0.15, 0.2) is 9.84 Å². The number of sulfone groups is 1. The summed E-state index contributed by atoms with van der Waals surface area (Å²) in [7, 11) is -3.01. The molecule has 0 aliphatic carbocycles. The maximum Gasteiger partial charge on any atom is 0.224 e. The fourth-order valence-corrected chi connectivity index (χ4v) is 4.35. The number of nitrogens with zero attached hydrogens (tertiary/aromatic N) is 1. The summed E-state index contributed by atoms with van der Waals surface area (Å²) in [4.78, 5) is 14.0. The van der Waals surface area contributed by atoms with Crippen LogP contribution in [0, 0.1) is 0 Å². The Hall–Kier alpha value is -0.620. The lowest BCUT2D eigenvalue weighted by Gasteiger charge is -2.38. The van der Waals surface area contributed by atoms with Gasteiger partial charge in [-0.05, 0) is 33.2 Å². The molecule has 5 nitrogen and oxygen atoms in total. The lowest BCUT2D eigenvalue weighted by molar-refractivity contribution is -0.133. The van der Waals surface area contributed by atoms with Gasteiger partial charge in [0.25, 0.3) is 0 Å². The molecule has 3 atom stereocenters. The monoisotopic (exact) mass is 274 g/mol. The zero-order chi connectivity index (χ0) is 13.3. The minimum atomic E-state index is -3.01. The molecule has 0 saturated carbocycles. The van der Waals surface area contributed by atoms with Crippen molar-refractivity contribution in [2.75, 3.05) is 18.8 Å². The van der Waals surface area contributed by atoms with Crippen molar-refractivity contribution in [3.05, 3.63) is 0 Å². The molecule has 2 aliphatic rings. The van der Waals surface area contributed by atoms with E-state index in [4.69, 9.17) is 0 Å². The van der Waals surface area contributed by atoms with Gasteiger partial charge in [-0.15, -0.1) is 0 Å². The average Bonchev–Trinajstić information content (AvgIpc) is 2.78. The zero-order valence-electron chi connectivity index (χ0n) is 11.1. The Morgan fingerprint density at radius 1 is 1.39 bits per heavy atom. The van der Waals surface area contributed by atoms with E-state index in [1.54, 1.807) is 11.8 Å². The van der Waals surface area contributed by atoms with Crippen molar-refractivity contribution in [2.45, 2.75) is 50.4 Å². The highest BCUT2D eigenvalue weighted by Crippen LogP contribution is 2.21. The average molecular weight is 274 g/mol. The molecule has 2 aliphatic heterocycles. The largest absolute Gasteiger partial charge is 0.338 e. The molecule has 2 fully saturated rings. The second kappa shape index (κ2) is 5.17. The van der Waals surface area contributed by atoms with Gasteiger partial charge >= 0.3 is 0 Å². The topological polar surface area (TPSA) is 66.5 Å². The Morgan fingerprint density at radius 2 is 2.11 bits per heavy atom. The minimum Gasteiger partial charge on any atom is -0.338 e. The minimum absolute atomic E-state index is 0.0867. The Kier molecular flexibility index (Phi) is 3.96. The van der Waals surface area contributed by atoms with Crippen LogP contribution in [0.4, 0.5) is 0 Å². The van der Waals surface area contributed by atoms with Crippen molar-refractivity contribution in [2.24, 2.45) is 0 Å². The van der Waals surface area contributed by atoms with Crippen molar-refractivity contribution in [1.29, 1.82) is 0 Å². The predicted octanol–water partition coefficient (Wildman–Crippen LogP) is 0.163. The van der Waals surface area contributed by atoms with E-state index in [0.29, 0.717) is 13.0 Å². The number of hydrogen-bond donors (Lipinski definition) is 1. The van der Waals surface area contributed by atoms with Gasteiger partial charge in [-0.1, -0.05) is 0 Å². The van der Waals surface area contributed by atoms with Crippen molar-refractivity contribution in [1.82, 2.24) is 10.2 Å². The third-order valence-electron chi connectivity index (χ3n) is 4.26. The van der Waals surface area contributed by atoms with E-state index in [1.165, 1.54) is 0 Å². The third kappa shape index (κ3) is 2.69. The maximum absolute atomic E-state index is 12.2. The Labute approximate surface area is 109 Å². The van der Waals surface area contributed by atoms with Crippen LogP contribution in [0.3, 0.4) is 0 Å². The Morgan fingerprint density at radius 3 is 2.72 bits per heavy atom. The van der Waals surface area contributed by atoms with Crippen LogP contribution < -0.4 is 5.32 Å². The number of nitrogens with one attached hydrogen (secondary N) is 1. The number of amides is 1. The van der Waals surface area contributed by atoms with Crippen molar-refractivity contribution in [3.8, 4) is 0 Å². The molecular formula is C12H22N2O3S. The molecule has 1 N–H and O–H groups in total. The highest BCUT2D eigenvalue weighted by Gasteiger charge is 2.38. The molecule has 0 radical (unpaired) electrons. The van der Waals surface area contributed by atoms with Gasteiger partial charge in [0, 0.05) is 25.0 Å². The number of rotatable bonds is 2. The second-order valence-electron chi connectivity index (χ2n) is 5.40. The molecule has 2 rings (SSSR count). The summed E-state index contributed by atoms with van der Waals surface area (Å²) in [6, 6.07) is 0.0659. The molecule has 0 aromatic heterocycles. The van der Waals surface area contributed by atoms with Gasteiger partial charge in [-0.3, -0.25) is 4.79 Å². The number of hydrogen-bond acceptors (Lipinski definition) is 4. The summed E-state index contributed by atoms with van der Waals surface area (Å²) in [6.45, 7) is 4.87. The zero-order valence-corrected chi connectivity index (χ0v) is 11.9. The molecule has 2 saturated heterocycles. The molecule has 3 unspecified atom stereocenters. The molecule has 104 valence electrons. The highest BCUT2D eigenvalue weighted by atomic mass is 32.2. The van der Waals surface area contributed by atoms with E-state index in [0.717, 1.165) is 19.4 Å². The van der Waals surface area contributed by atoms with Crippen LogP contribution in [0.1, 0.15) is 33.1 Å². The van der Waals surface area contributed by atoms with Gasteiger partial charge in [-0.2, -0.15) is 0 Å². The lowest BCUT2D eigenvalue weighted by Crippen LogP contribution is -2.54. The molecule has 0 aromatic rings. The number of carbonyl (C=O) groups excluding carboxylic acids is 1. The number of carbonyl (C=O) groups is 1. The first kappa shape index (κ1) is 13.8. The van der Waals surface area contributed by atoms with Crippen LogP contribution in [0.2, 0.25) is 0 Å². The maximum atomic E-state index is 12.2. The first-order valence-corrected chi connectivity index (χ1v) is 8.38. The fourth-order valence-electron chi connectivity index (χ4n) is 2.78. The molecule has 6 heteroatoms. The van der Waals surface area contributed by atoms with Gasteiger partial charge in [0.05, 0.1) is 11.0 Å². The van der Waals surface area contributed by atoms with Crippen LogP contribution in [0.5, 0.6) is 0 Å². The smallest absolute Gasteiger partial charge is 0.224 e. The standard InChI is InChI=1S/C12H22N2O3S/c1-9-10(2)18(16,17)7-6-14(9)12(15)8-11-4-3-5-13-11/h9-11,13H,3-8H2,1-2H3. The quantitative estimate of drug-likeness (QED) is 0.779. The molecule has 1 amide bonds. The van der Waals surface area contributed by atoms with Crippen LogP contribution in [0.25, 0.3) is 0 Å². The van der Waals surface area contributed by atoms with E-state index < -0.39 is 15.1 Å². The lowest BCUT2D eigenvalue weighted by atomic mass is 10.1. The normalized spacial score (nSPS) is 35.7. The first-order chi connectivity index (χ1) is 8.42. The molecular weight excluding hydrogens is 252 g/mol. The SMILES string of the molecule is CC1C(C)S(=O)(=O)CCN1C(=O)CC1CCCN1. The van der Waals surface area contributed by atoms with Crippen LogP contribution in [-0.2, 0) is 14.6 Å². The summed E-state index contributed by atoms with van der Waals surface area (Å²) >= 11 is 0.